The summed E-state index contributed by atoms with van der Waals surface area (Å²) in [5, 5.41) is 11.6. The lowest BCUT2D eigenvalue weighted by molar-refractivity contribution is -0.145. The molecule has 51 heavy (non-hydrogen) atoms. The SMILES string of the molecule is CC(C)N(C)S(=O)(=O)CC1(NC(=O)N[C@H](C(=O)N2C[C@H]3[C@@H]([C@H]2C(=O)N[C@@H](CCC2CC2)C(=O)C(=O)NC2CC2)C3(C)C)C(C)(C)C)CCCCC1. The van der Waals surface area contributed by atoms with Crippen molar-refractivity contribution in [3.05, 3.63) is 0 Å². The zero-order valence-corrected chi connectivity index (χ0v) is 32.8. The highest BCUT2D eigenvalue weighted by atomic mass is 32.2. The normalized spacial score (nSPS) is 26.5. The maximum Gasteiger partial charge on any atom is 0.315 e. The number of sulfonamides is 1. The van der Waals surface area contributed by atoms with E-state index in [0.717, 1.165) is 51.4 Å². The summed E-state index contributed by atoms with van der Waals surface area (Å²) in [6, 6.07) is -3.71. The summed E-state index contributed by atoms with van der Waals surface area (Å²) in [7, 11) is -2.14. The third-order valence-electron chi connectivity index (χ3n) is 12.3. The van der Waals surface area contributed by atoms with E-state index in [9.17, 15) is 32.4 Å². The highest BCUT2D eigenvalue weighted by Gasteiger charge is 2.70. The van der Waals surface area contributed by atoms with Gasteiger partial charge in [-0.15, -0.1) is 0 Å². The lowest BCUT2D eigenvalue weighted by Crippen LogP contribution is -2.64. The van der Waals surface area contributed by atoms with Crippen molar-refractivity contribution in [2.24, 2.45) is 28.6 Å². The second-order valence-electron chi connectivity index (χ2n) is 18.2. The predicted molar refractivity (Wildman–Crippen MR) is 194 cm³/mol. The van der Waals surface area contributed by atoms with Gasteiger partial charge >= 0.3 is 6.03 Å². The molecule has 1 aliphatic heterocycles. The van der Waals surface area contributed by atoms with Crippen LogP contribution in [0.4, 0.5) is 4.79 Å². The number of nitrogens with zero attached hydrogens (tertiary/aromatic N) is 2. The van der Waals surface area contributed by atoms with Gasteiger partial charge < -0.3 is 26.2 Å². The Kier molecular flexibility index (Phi) is 11.3. The zero-order valence-electron chi connectivity index (χ0n) is 32.0. The number of likely N-dealkylation sites (tertiary alicyclic amines) is 1. The van der Waals surface area contributed by atoms with Crippen LogP contribution >= 0.6 is 0 Å². The summed E-state index contributed by atoms with van der Waals surface area (Å²) in [5.74, 6) is -1.99. The van der Waals surface area contributed by atoms with Gasteiger partial charge in [0.15, 0.2) is 0 Å². The molecule has 4 saturated carbocycles. The second-order valence-corrected chi connectivity index (χ2v) is 20.2. The van der Waals surface area contributed by atoms with E-state index in [1.54, 1.807) is 25.8 Å². The number of amides is 5. The van der Waals surface area contributed by atoms with Crippen LogP contribution in [0.15, 0.2) is 0 Å². The van der Waals surface area contributed by atoms with Crippen molar-refractivity contribution in [3.8, 4) is 0 Å². The maximum absolute atomic E-state index is 14.5. The fourth-order valence-electron chi connectivity index (χ4n) is 8.32. The molecule has 0 radical (unpaired) electrons. The van der Waals surface area contributed by atoms with Crippen molar-refractivity contribution in [1.29, 1.82) is 0 Å². The molecular formula is C37H62N6O7S. The molecule has 13 nitrogen and oxygen atoms in total. The van der Waals surface area contributed by atoms with Crippen LogP contribution in [0.1, 0.15) is 119 Å². The van der Waals surface area contributed by atoms with Crippen molar-refractivity contribution in [2.75, 3.05) is 19.3 Å². The first-order valence-electron chi connectivity index (χ1n) is 19.2. The van der Waals surface area contributed by atoms with Gasteiger partial charge in [-0.25, -0.2) is 17.5 Å². The van der Waals surface area contributed by atoms with E-state index < -0.39 is 68.6 Å². The number of urea groups is 1. The number of Topliss-reactive ketones (excluding diaryl/α,β-unsaturated/α-hetero) is 1. The number of rotatable bonds is 15. The van der Waals surface area contributed by atoms with Crippen LogP contribution in [0.25, 0.3) is 0 Å². The molecule has 5 rings (SSSR count). The molecule has 1 saturated heterocycles. The van der Waals surface area contributed by atoms with Gasteiger partial charge in [-0.05, 0) is 81.0 Å². The smallest absolute Gasteiger partial charge is 0.315 e. The standard InChI is InChI=1S/C37H62N6O7S/c1-22(2)42(8)51(49,50)21-37(18-10-9-11-19-37)41-34(48)40-30(35(3,4)5)33(47)43-20-25-27(36(25,6)7)28(43)31(45)39-26(17-14-23-12-13-23)29(44)32(46)38-24-15-16-24/h22-28,30H,9-21H2,1-8H3,(H,38,46)(H,39,45)(H2,40,41,48)/t25-,26-,27-,28-,30+/m0/s1. The number of fused-ring (bicyclic) bond motifs is 1. The van der Waals surface area contributed by atoms with Crippen molar-refractivity contribution in [3.63, 3.8) is 0 Å². The summed E-state index contributed by atoms with van der Waals surface area (Å²) in [5.41, 5.74) is -1.93. The number of nitrogens with one attached hydrogen (secondary N) is 4. The van der Waals surface area contributed by atoms with Crippen LogP contribution < -0.4 is 21.3 Å². The molecule has 5 aliphatic rings. The van der Waals surface area contributed by atoms with Gasteiger partial charge in [-0.3, -0.25) is 19.2 Å². The fraction of sp³-hybridized carbons (Fsp3) is 0.865. The van der Waals surface area contributed by atoms with E-state index in [0.29, 0.717) is 31.7 Å². The first-order valence-corrected chi connectivity index (χ1v) is 20.8. The first-order chi connectivity index (χ1) is 23.7. The third-order valence-corrected chi connectivity index (χ3v) is 14.5. The topological polar surface area (TPSA) is 174 Å². The van der Waals surface area contributed by atoms with E-state index in [1.165, 1.54) is 4.31 Å². The molecule has 4 aliphatic carbocycles. The molecule has 0 spiro atoms. The molecule has 0 unspecified atom stereocenters. The van der Waals surface area contributed by atoms with Gasteiger partial charge in [0.2, 0.25) is 27.6 Å². The van der Waals surface area contributed by atoms with Crippen LogP contribution in [0, 0.1) is 28.6 Å². The average Bonchev–Trinajstić information content (AvgIpc) is 3.99. The summed E-state index contributed by atoms with van der Waals surface area (Å²) >= 11 is 0. The minimum absolute atomic E-state index is 0.00926. The van der Waals surface area contributed by atoms with E-state index >= 15 is 0 Å². The Morgan fingerprint density at radius 1 is 0.941 bits per heavy atom. The maximum atomic E-state index is 14.5. The van der Waals surface area contributed by atoms with Gasteiger partial charge in [0.25, 0.3) is 5.91 Å². The third kappa shape index (κ3) is 9.08. The van der Waals surface area contributed by atoms with Crippen LogP contribution in [0.5, 0.6) is 0 Å². The van der Waals surface area contributed by atoms with Crippen LogP contribution in [-0.2, 0) is 29.2 Å². The molecule has 0 bridgehead atoms. The number of ketones is 1. The molecule has 5 amide bonds. The first kappa shape index (κ1) is 39.5. The molecular weight excluding hydrogens is 673 g/mol. The van der Waals surface area contributed by atoms with E-state index in [4.69, 9.17) is 0 Å². The van der Waals surface area contributed by atoms with E-state index in [2.05, 4.69) is 35.1 Å². The minimum atomic E-state index is -3.69. The number of hydrogen-bond donors (Lipinski definition) is 4. The molecule has 1 heterocycles. The average molecular weight is 735 g/mol. The highest BCUT2D eigenvalue weighted by molar-refractivity contribution is 7.89. The van der Waals surface area contributed by atoms with E-state index in [-0.39, 0.29) is 35.1 Å². The Morgan fingerprint density at radius 3 is 2.12 bits per heavy atom. The molecule has 5 atom stereocenters. The molecule has 5 fully saturated rings. The van der Waals surface area contributed by atoms with E-state index in [1.807, 2.05) is 20.8 Å². The van der Waals surface area contributed by atoms with Crippen LogP contribution in [0.2, 0.25) is 0 Å². The van der Waals surface area contributed by atoms with Crippen molar-refractivity contribution >= 4 is 39.6 Å². The Bertz CT molecular complexity index is 1480. The van der Waals surface area contributed by atoms with Crippen LogP contribution in [0.3, 0.4) is 0 Å². The number of hydrogen-bond acceptors (Lipinski definition) is 7. The molecule has 0 aromatic rings. The molecule has 14 heteroatoms. The molecule has 4 N–H and O–H groups in total. The van der Waals surface area contributed by atoms with Gasteiger partial charge in [0.1, 0.15) is 12.1 Å². The molecule has 288 valence electrons. The van der Waals surface area contributed by atoms with Gasteiger partial charge in [-0.2, -0.15) is 0 Å². The Morgan fingerprint density at radius 2 is 1.57 bits per heavy atom. The Balaban J connectivity index is 1.33. The lowest BCUT2D eigenvalue weighted by atomic mass is 9.83. The van der Waals surface area contributed by atoms with Gasteiger partial charge in [0, 0.05) is 25.7 Å². The monoisotopic (exact) mass is 734 g/mol. The molecule has 0 aromatic carbocycles. The van der Waals surface area contributed by atoms with Crippen molar-refractivity contribution in [1.82, 2.24) is 30.5 Å². The van der Waals surface area contributed by atoms with Crippen molar-refractivity contribution < 1.29 is 32.4 Å². The Labute approximate surface area is 304 Å². The zero-order chi connectivity index (χ0) is 37.7. The highest BCUT2D eigenvalue weighted by Crippen LogP contribution is 2.65. The van der Waals surface area contributed by atoms with Gasteiger partial charge in [0.05, 0.1) is 17.3 Å². The fourth-order valence-corrected chi connectivity index (χ4v) is 10.2. The molecule has 0 aromatic heterocycles. The number of carbonyl (C=O) groups excluding carboxylic acids is 5. The lowest BCUT2D eigenvalue weighted by Gasteiger charge is -2.41. The quantitative estimate of drug-likeness (QED) is 0.187. The number of carbonyl (C=O) groups is 5. The summed E-state index contributed by atoms with van der Waals surface area (Å²) in [4.78, 5) is 70.2. The van der Waals surface area contributed by atoms with Crippen molar-refractivity contribution in [2.45, 2.75) is 155 Å². The van der Waals surface area contributed by atoms with Gasteiger partial charge in [-0.1, -0.05) is 66.7 Å². The Hall–Kier alpha value is -2.74. The van der Waals surface area contributed by atoms with Crippen LogP contribution in [-0.4, -0.2) is 102 Å². The summed E-state index contributed by atoms with van der Waals surface area (Å²) < 4.78 is 28.1. The second kappa shape index (κ2) is 14.6. The number of piperidine rings is 1. The summed E-state index contributed by atoms with van der Waals surface area (Å²) in [6.45, 7) is 13.6. The predicted octanol–water partition coefficient (Wildman–Crippen LogP) is 3.08. The summed E-state index contributed by atoms with van der Waals surface area (Å²) in [6.07, 6.45) is 8.44. The largest absolute Gasteiger partial charge is 0.347 e. The minimum Gasteiger partial charge on any atom is -0.347 e.